The van der Waals surface area contributed by atoms with Gasteiger partial charge in [0.2, 0.25) is 5.95 Å². The van der Waals surface area contributed by atoms with Crippen LogP contribution in [0.5, 0.6) is 0 Å². The van der Waals surface area contributed by atoms with Crippen LogP contribution in [0.25, 0.3) is 22.2 Å². The number of ether oxygens (including phenoxy) is 2. The SMILES string of the molecule is Cc1c(CN2CCOCC2)n(C(C)C)c2cc(-c3nc(N[C@@H]4CCOC[C@H]4O)ncc3F)cc(F)c2c1=O. The molecule has 2 saturated heterocycles. The number of anilines is 1. The standard InChI is InChI=1S/C27H33F2N5O4/c1-15(2)34-21-11-17(25-19(29)12-30-27(32-25)31-20-4-7-38-14-23(20)35)10-18(28)24(21)26(36)16(3)22(34)13-33-5-8-37-9-6-33/h10-12,15,20,23,35H,4-9,13-14H2,1-3H3,(H,30,31,32)/t20-,23-/m1/s1. The molecule has 2 N–H and O–H groups in total. The van der Waals surface area contributed by atoms with E-state index >= 15 is 8.78 Å². The molecule has 5 rings (SSSR count). The summed E-state index contributed by atoms with van der Waals surface area (Å²) in [5.41, 5.74) is 1.42. The molecule has 204 valence electrons. The van der Waals surface area contributed by atoms with Crippen LogP contribution in [0, 0.1) is 18.6 Å². The zero-order valence-electron chi connectivity index (χ0n) is 21.8. The molecule has 11 heteroatoms. The predicted molar refractivity (Wildman–Crippen MR) is 139 cm³/mol. The van der Waals surface area contributed by atoms with Gasteiger partial charge in [0.15, 0.2) is 11.2 Å². The van der Waals surface area contributed by atoms with Crippen LogP contribution < -0.4 is 10.7 Å². The average Bonchev–Trinajstić information content (AvgIpc) is 2.89. The first kappa shape index (κ1) is 26.6. The van der Waals surface area contributed by atoms with Crippen molar-refractivity contribution in [2.24, 2.45) is 0 Å². The first-order valence-electron chi connectivity index (χ1n) is 13.0. The Hall–Kier alpha value is -2.99. The van der Waals surface area contributed by atoms with Crippen molar-refractivity contribution in [3.05, 3.63) is 51.4 Å². The lowest BCUT2D eigenvalue weighted by molar-refractivity contribution is -0.0136. The van der Waals surface area contributed by atoms with E-state index in [1.54, 1.807) is 13.0 Å². The lowest BCUT2D eigenvalue weighted by atomic mass is 10.0. The molecule has 2 aliphatic heterocycles. The topological polar surface area (TPSA) is 102 Å². The summed E-state index contributed by atoms with van der Waals surface area (Å²) in [5, 5.41) is 13.2. The third-order valence-corrected chi connectivity index (χ3v) is 7.27. The molecule has 2 aromatic heterocycles. The van der Waals surface area contributed by atoms with Crippen LogP contribution in [0.4, 0.5) is 14.7 Å². The molecule has 2 atom stereocenters. The molecule has 0 amide bonds. The van der Waals surface area contributed by atoms with E-state index in [0.717, 1.165) is 31.0 Å². The first-order chi connectivity index (χ1) is 18.2. The second-order valence-corrected chi connectivity index (χ2v) is 10.2. The predicted octanol–water partition coefficient (Wildman–Crippen LogP) is 3.02. The highest BCUT2D eigenvalue weighted by atomic mass is 19.1. The Labute approximate surface area is 219 Å². The van der Waals surface area contributed by atoms with Crippen LogP contribution in [0.15, 0.2) is 23.1 Å². The third-order valence-electron chi connectivity index (χ3n) is 7.27. The number of benzene rings is 1. The van der Waals surface area contributed by atoms with Gasteiger partial charge in [0.1, 0.15) is 11.5 Å². The molecule has 0 spiro atoms. The average molecular weight is 530 g/mol. The minimum absolute atomic E-state index is 0.0242. The van der Waals surface area contributed by atoms with Crippen LogP contribution in [-0.4, -0.2) is 76.2 Å². The van der Waals surface area contributed by atoms with Crippen molar-refractivity contribution < 1.29 is 23.4 Å². The quantitative estimate of drug-likeness (QED) is 0.503. The highest BCUT2D eigenvalue weighted by Gasteiger charge is 2.26. The Morgan fingerprint density at radius 3 is 2.63 bits per heavy atom. The van der Waals surface area contributed by atoms with Gasteiger partial charge in [-0.25, -0.2) is 18.7 Å². The number of aromatic nitrogens is 3. The van der Waals surface area contributed by atoms with E-state index < -0.39 is 17.7 Å². The van der Waals surface area contributed by atoms with Gasteiger partial charge in [-0.2, -0.15) is 0 Å². The molecule has 0 radical (unpaired) electrons. The molecule has 2 fully saturated rings. The highest BCUT2D eigenvalue weighted by Crippen LogP contribution is 2.30. The lowest BCUT2D eigenvalue weighted by Crippen LogP contribution is -2.42. The molecular weight excluding hydrogens is 496 g/mol. The number of halogens is 2. The number of rotatable bonds is 6. The van der Waals surface area contributed by atoms with Crippen molar-refractivity contribution in [2.45, 2.75) is 51.9 Å². The number of pyridine rings is 1. The second-order valence-electron chi connectivity index (χ2n) is 10.2. The number of aliphatic hydroxyl groups is 1. The van der Waals surface area contributed by atoms with E-state index in [4.69, 9.17) is 9.47 Å². The van der Waals surface area contributed by atoms with E-state index in [2.05, 4.69) is 20.2 Å². The van der Waals surface area contributed by atoms with E-state index in [1.165, 1.54) is 0 Å². The van der Waals surface area contributed by atoms with Crippen LogP contribution in [0.1, 0.15) is 37.6 Å². The third kappa shape index (κ3) is 5.15. The Bertz CT molecular complexity index is 1390. The van der Waals surface area contributed by atoms with Crippen LogP contribution in [0.3, 0.4) is 0 Å². The summed E-state index contributed by atoms with van der Waals surface area (Å²) in [6.07, 6.45) is 0.799. The van der Waals surface area contributed by atoms with Gasteiger partial charge in [-0.15, -0.1) is 0 Å². The lowest BCUT2D eigenvalue weighted by Gasteiger charge is -2.30. The van der Waals surface area contributed by atoms with Crippen molar-refractivity contribution in [3.8, 4) is 11.3 Å². The van der Waals surface area contributed by atoms with Gasteiger partial charge in [-0.1, -0.05) is 0 Å². The summed E-state index contributed by atoms with van der Waals surface area (Å²) in [7, 11) is 0. The maximum Gasteiger partial charge on any atom is 0.223 e. The van der Waals surface area contributed by atoms with Crippen LogP contribution in [-0.2, 0) is 16.0 Å². The molecule has 2 aliphatic rings. The fraction of sp³-hybridized carbons (Fsp3) is 0.519. The number of morpholine rings is 1. The fourth-order valence-corrected chi connectivity index (χ4v) is 5.24. The monoisotopic (exact) mass is 529 g/mol. The van der Waals surface area contributed by atoms with E-state index in [-0.39, 0.29) is 46.7 Å². The normalized spacial score (nSPS) is 20.8. The second kappa shape index (κ2) is 11.0. The molecular formula is C27H33F2N5O4. The molecule has 0 saturated carbocycles. The Kier molecular flexibility index (Phi) is 7.71. The minimum Gasteiger partial charge on any atom is -0.389 e. The zero-order chi connectivity index (χ0) is 27.0. The van der Waals surface area contributed by atoms with E-state index in [0.29, 0.717) is 43.9 Å². The number of aliphatic hydroxyl groups excluding tert-OH is 1. The smallest absolute Gasteiger partial charge is 0.223 e. The number of nitrogens with zero attached hydrogens (tertiary/aromatic N) is 4. The van der Waals surface area contributed by atoms with Gasteiger partial charge in [0.25, 0.3) is 0 Å². The zero-order valence-corrected chi connectivity index (χ0v) is 21.8. The molecule has 0 aliphatic carbocycles. The van der Waals surface area contributed by atoms with Gasteiger partial charge in [0, 0.05) is 49.1 Å². The van der Waals surface area contributed by atoms with Crippen LogP contribution in [0.2, 0.25) is 0 Å². The van der Waals surface area contributed by atoms with Gasteiger partial charge >= 0.3 is 0 Å². The van der Waals surface area contributed by atoms with Crippen molar-refractivity contribution >= 4 is 16.9 Å². The molecule has 0 unspecified atom stereocenters. The molecule has 38 heavy (non-hydrogen) atoms. The van der Waals surface area contributed by atoms with Crippen molar-refractivity contribution in [3.63, 3.8) is 0 Å². The Morgan fingerprint density at radius 1 is 1.16 bits per heavy atom. The van der Waals surface area contributed by atoms with Crippen molar-refractivity contribution in [1.29, 1.82) is 0 Å². The minimum atomic E-state index is -0.757. The van der Waals surface area contributed by atoms with Gasteiger partial charge in [0.05, 0.1) is 49.1 Å². The molecule has 9 nitrogen and oxygen atoms in total. The summed E-state index contributed by atoms with van der Waals surface area (Å²) in [6, 6.07) is 2.33. The highest BCUT2D eigenvalue weighted by molar-refractivity contribution is 5.86. The number of hydrogen-bond donors (Lipinski definition) is 2. The maximum absolute atomic E-state index is 15.6. The maximum atomic E-state index is 15.6. The van der Waals surface area contributed by atoms with Gasteiger partial charge < -0.3 is 24.5 Å². The first-order valence-corrected chi connectivity index (χ1v) is 13.0. The largest absolute Gasteiger partial charge is 0.389 e. The molecule has 4 heterocycles. The molecule has 3 aromatic rings. The fourth-order valence-electron chi connectivity index (χ4n) is 5.24. The van der Waals surface area contributed by atoms with Crippen LogP contribution >= 0.6 is 0 Å². The Morgan fingerprint density at radius 2 is 1.92 bits per heavy atom. The summed E-state index contributed by atoms with van der Waals surface area (Å²) in [6.45, 7) is 9.57. The van der Waals surface area contributed by atoms with Gasteiger partial charge in [-0.3, -0.25) is 9.69 Å². The Balaban J connectivity index is 1.62. The summed E-state index contributed by atoms with van der Waals surface area (Å²) in [5.74, 6) is -1.34. The van der Waals surface area contributed by atoms with E-state index in [1.807, 2.05) is 18.4 Å². The molecule has 0 bridgehead atoms. The van der Waals surface area contributed by atoms with Crippen molar-refractivity contribution in [1.82, 2.24) is 19.4 Å². The number of hydrogen-bond acceptors (Lipinski definition) is 8. The number of nitrogens with one attached hydrogen (secondary N) is 1. The summed E-state index contributed by atoms with van der Waals surface area (Å²) < 4.78 is 43.3. The molecule has 1 aromatic carbocycles. The van der Waals surface area contributed by atoms with Crippen molar-refractivity contribution in [2.75, 3.05) is 44.8 Å². The summed E-state index contributed by atoms with van der Waals surface area (Å²) in [4.78, 5) is 23.9. The van der Waals surface area contributed by atoms with Gasteiger partial charge in [-0.05, 0) is 39.3 Å². The summed E-state index contributed by atoms with van der Waals surface area (Å²) >= 11 is 0. The number of fused-ring (bicyclic) bond motifs is 1. The van der Waals surface area contributed by atoms with E-state index in [9.17, 15) is 9.90 Å².